The maximum absolute atomic E-state index is 12.3. The van der Waals surface area contributed by atoms with Crippen molar-refractivity contribution in [2.45, 2.75) is 12.8 Å². The van der Waals surface area contributed by atoms with E-state index >= 15 is 0 Å². The maximum atomic E-state index is 12.3. The lowest BCUT2D eigenvalue weighted by Gasteiger charge is -2.07. The molecular formula is C6H4BrF3N2O. The summed E-state index contributed by atoms with van der Waals surface area (Å²) < 4.78 is 40.1. The Morgan fingerprint density at radius 1 is 1.23 bits per heavy atom. The Hall–Kier alpha value is -0.850. The molecule has 3 nitrogen and oxygen atoms in total. The van der Waals surface area contributed by atoms with Crippen LogP contribution in [-0.2, 0) is 0 Å². The normalized spacial score (nSPS) is 13.0. The number of aromatic nitrogens is 2. The highest BCUT2D eigenvalue weighted by Gasteiger charge is 2.21. The molecule has 0 amide bonds. The van der Waals surface area contributed by atoms with E-state index in [0.29, 0.717) is 4.60 Å². The molecule has 0 aliphatic heterocycles. The van der Waals surface area contributed by atoms with E-state index in [4.69, 9.17) is 0 Å². The number of alkyl halides is 3. The zero-order valence-corrected chi connectivity index (χ0v) is 7.71. The van der Waals surface area contributed by atoms with Crippen LogP contribution in [0.5, 0.6) is 5.88 Å². The Labute approximate surface area is 80.0 Å². The molecule has 1 unspecified atom stereocenters. The van der Waals surface area contributed by atoms with Crippen LogP contribution < -0.4 is 4.74 Å². The van der Waals surface area contributed by atoms with E-state index in [1.54, 1.807) is 0 Å². The molecule has 0 saturated heterocycles. The smallest absolute Gasteiger partial charge is 0.304 e. The van der Waals surface area contributed by atoms with Crippen LogP contribution in [0.3, 0.4) is 0 Å². The second-order valence-corrected chi connectivity index (χ2v) is 2.81. The van der Waals surface area contributed by atoms with E-state index in [1.807, 2.05) is 0 Å². The van der Waals surface area contributed by atoms with Crippen LogP contribution in [0.25, 0.3) is 0 Å². The third-order valence-corrected chi connectivity index (χ3v) is 1.46. The average molecular weight is 257 g/mol. The predicted molar refractivity (Wildman–Crippen MR) is 41.3 cm³/mol. The number of ether oxygens (including phenoxy) is 1. The van der Waals surface area contributed by atoms with Crippen molar-refractivity contribution in [3.8, 4) is 5.88 Å². The Bertz CT molecular complexity index is 269. The average Bonchev–Trinajstić information content (AvgIpc) is 2.08. The summed E-state index contributed by atoms with van der Waals surface area (Å²) in [6.07, 6.45) is -5.86. The molecule has 0 spiro atoms. The summed E-state index contributed by atoms with van der Waals surface area (Å²) in [5.41, 5.74) is 0. The molecule has 0 N–H and O–H groups in total. The van der Waals surface area contributed by atoms with Crippen LogP contribution in [0.1, 0.15) is 0 Å². The first-order valence-electron chi connectivity index (χ1n) is 3.17. The highest BCUT2D eigenvalue weighted by atomic mass is 79.9. The number of nitrogens with zero attached hydrogens (tertiary/aromatic N) is 2. The van der Waals surface area contributed by atoms with Gasteiger partial charge in [0.05, 0.1) is 0 Å². The molecule has 0 aromatic carbocycles. The monoisotopic (exact) mass is 256 g/mol. The van der Waals surface area contributed by atoms with Crippen LogP contribution in [0.2, 0.25) is 0 Å². The van der Waals surface area contributed by atoms with E-state index in [0.717, 1.165) is 0 Å². The fraction of sp³-hybridized carbons (Fsp3) is 0.333. The second kappa shape index (κ2) is 4.40. The summed E-state index contributed by atoms with van der Waals surface area (Å²) >= 11 is 2.97. The summed E-state index contributed by atoms with van der Waals surface area (Å²) in [6, 6.07) is 2.63. The Morgan fingerprint density at radius 3 is 2.38 bits per heavy atom. The standard InChI is InChI=1S/C6H4BrF3N2O/c7-3-1-2-4(12-11-3)13-6(10)5(8)9/h1-2,5-6H. The highest BCUT2D eigenvalue weighted by molar-refractivity contribution is 9.10. The van der Waals surface area contributed by atoms with E-state index in [9.17, 15) is 13.2 Å². The lowest BCUT2D eigenvalue weighted by Crippen LogP contribution is -2.20. The van der Waals surface area contributed by atoms with Crippen molar-refractivity contribution in [2.24, 2.45) is 0 Å². The zero-order valence-electron chi connectivity index (χ0n) is 6.12. The zero-order chi connectivity index (χ0) is 9.84. The number of hydrogen-bond donors (Lipinski definition) is 0. The van der Waals surface area contributed by atoms with Gasteiger partial charge in [0.15, 0.2) is 0 Å². The van der Waals surface area contributed by atoms with E-state index < -0.39 is 12.8 Å². The molecule has 7 heteroatoms. The Balaban J connectivity index is 2.59. The molecule has 1 aromatic heterocycles. The molecule has 0 radical (unpaired) electrons. The van der Waals surface area contributed by atoms with Crippen molar-refractivity contribution < 1.29 is 17.9 Å². The van der Waals surface area contributed by atoms with Crippen molar-refractivity contribution in [3.63, 3.8) is 0 Å². The lowest BCUT2D eigenvalue weighted by atomic mass is 10.6. The minimum absolute atomic E-state index is 0.281. The van der Waals surface area contributed by atoms with Crippen molar-refractivity contribution >= 4 is 15.9 Å². The quantitative estimate of drug-likeness (QED) is 0.832. The van der Waals surface area contributed by atoms with Crippen LogP contribution >= 0.6 is 15.9 Å². The van der Waals surface area contributed by atoms with Crippen LogP contribution in [-0.4, -0.2) is 23.0 Å². The summed E-state index contributed by atoms with van der Waals surface area (Å²) in [5, 5.41) is 6.73. The van der Waals surface area contributed by atoms with Gasteiger partial charge in [0.1, 0.15) is 4.60 Å². The van der Waals surface area contributed by atoms with E-state index in [-0.39, 0.29) is 5.88 Å². The van der Waals surface area contributed by atoms with Gasteiger partial charge in [-0.3, -0.25) is 0 Å². The van der Waals surface area contributed by atoms with Crippen molar-refractivity contribution in [2.75, 3.05) is 0 Å². The first-order valence-corrected chi connectivity index (χ1v) is 3.97. The van der Waals surface area contributed by atoms with Crippen molar-refractivity contribution in [3.05, 3.63) is 16.7 Å². The lowest BCUT2D eigenvalue weighted by molar-refractivity contribution is -0.0694. The van der Waals surface area contributed by atoms with Crippen molar-refractivity contribution in [1.82, 2.24) is 10.2 Å². The molecule has 0 aliphatic carbocycles. The van der Waals surface area contributed by atoms with Gasteiger partial charge in [0, 0.05) is 6.07 Å². The molecule has 0 fully saturated rings. The Morgan fingerprint density at radius 2 is 1.92 bits per heavy atom. The van der Waals surface area contributed by atoms with Gasteiger partial charge in [-0.1, -0.05) is 0 Å². The molecule has 72 valence electrons. The SMILES string of the molecule is FC(F)C(F)Oc1ccc(Br)nn1. The summed E-state index contributed by atoms with van der Waals surface area (Å²) in [6.45, 7) is 0. The topological polar surface area (TPSA) is 35.0 Å². The van der Waals surface area contributed by atoms with Gasteiger partial charge in [0.2, 0.25) is 5.88 Å². The summed E-state index contributed by atoms with van der Waals surface area (Å²) in [7, 11) is 0. The van der Waals surface area contributed by atoms with Gasteiger partial charge < -0.3 is 4.74 Å². The second-order valence-electron chi connectivity index (χ2n) is 2.00. The molecule has 0 bridgehead atoms. The number of halogens is 4. The molecule has 1 atom stereocenters. The summed E-state index contributed by atoms with van der Waals surface area (Å²) in [4.78, 5) is 0. The number of rotatable bonds is 3. The van der Waals surface area contributed by atoms with Gasteiger partial charge in [-0.05, 0) is 22.0 Å². The third-order valence-electron chi connectivity index (χ3n) is 1.04. The van der Waals surface area contributed by atoms with Gasteiger partial charge in [0.25, 0.3) is 6.36 Å². The minimum Gasteiger partial charge on any atom is -0.436 e. The van der Waals surface area contributed by atoms with E-state index in [1.165, 1.54) is 12.1 Å². The first-order chi connectivity index (χ1) is 6.09. The molecule has 13 heavy (non-hydrogen) atoms. The van der Waals surface area contributed by atoms with Gasteiger partial charge in [-0.2, -0.15) is 4.39 Å². The highest BCUT2D eigenvalue weighted by Crippen LogP contribution is 2.14. The van der Waals surface area contributed by atoms with Crippen LogP contribution in [0, 0.1) is 0 Å². The molecular weight excluding hydrogens is 253 g/mol. The number of hydrogen-bond acceptors (Lipinski definition) is 3. The summed E-state index contributed by atoms with van der Waals surface area (Å²) in [5.74, 6) is -0.281. The largest absolute Gasteiger partial charge is 0.436 e. The molecule has 0 aliphatic rings. The van der Waals surface area contributed by atoms with Crippen LogP contribution in [0.4, 0.5) is 13.2 Å². The van der Waals surface area contributed by atoms with Crippen molar-refractivity contribution in [1.29, 1.82) is 0 Å². The Kier molecular flexibility index (Phi) is 3.47. The predicted octanol–water partition coefficient (Wildman–Crippen LogP) is 2.18. The molecule has 1 aromatic rings. The van der Waals surface area contributed by atoms with Gasteiger partial charge in [-0.15, -0.1) is 10.2 Å². The fourth-order valence-electron chi connectivity index (χ4n) is 0.533. The minimum atomic E-state index is -3.19. The molecule has 0 saturated carbocycles. The molecule has 1 rings (SSSR count). The van der Waals surface area contributed by atoms with Gasteiger partial charge >= 0.3 is 6.43 Å². The van der Waals surface area contributed by atoms with Crippen LogP contribution in [0.15, 0.2) is 16.7 Å². The maximum Gasteiger partial charge on any atom is 0.304 e. The first kappa shape index (κ1) is 10.2. The van der Waals surface area contributed by atoms with E-state index in [2.05, 4.69) is 30.9 Å². The molecule has 1 heterocycles. The third kappa shape index (κ3) is 3.17. The van der Waals surface area contributed by atoms with Gasteiger partial charge in [-0.25, -0.2) is 8.78 Å². The fourth-order valence-corrected chi connectivity index (χ4v) is 0.745.